The Bertz CT molecular complexity index is 746. The van der Waals surface area contributed by atoms with Crippen LogP contribution in [-0.2, 0) is 4.74 Å². The normalized spacial score (nSPS) is 32.9. The van der Waals surface area contributed by atoms with Crippen LogP contribution < -0.4 is 11.3 Å². The zero-order chi connectivity index (χ0) is 15.4. The number of rotatable bonds is 2. The molecule has 0 radical (unpaired) electrons. The molecule has 0 amide bonds. The van der Waals surface area contributed by atoms with Gasteiger partial charge in [-0.15, -0.1) is 0 Å². The van der Waals surface area contributed by atoms with E-state index in [4.69, 9.17) is 15.6 Å². The Hall–Kier alpha value is -2.04. The molecule has 1 fully saturated rings. The number of halogens is 1. The molecule has 21 heavy (non-hydrogen) atoms. The SMILES string of the molecule is CC1C(n2cnc3c(=O)[nH]c(N)nc32)OC(F)(CO)C1O. The molecule has 10 heteroatoms. The average molecular weight is 299 g/mol. The van der Waals surface area contributed by atoms with Crippen molar-refractivity contribution in [2.24, 2.45) is 5.92 Å². The molecule has 5 N–H and O–H groups in total. The van der Waals surface area contributed by atoms with Crippen molar-refractivity contribution in [2.45, 2.75) is 25.1 Å². The first-order chi connectivity index (χ1) is 9.87. The van der Waals surface area contributed by atoms with Gasteiger partial charge in [-0.25, -0.2) is 9.37 Å². The van der Waals surface area contributed by atoms with Gasteiger partial charge < -0.3 is 20.7 Å². The van der Waals surface area contributed by atoms with E-state index in [0.29, 0.717) is 0 Å². The van der Waals surface area contributed by atoms with Gasteiger partial charge in [0.1, 0.15) is 18.9 Å². The minimum Gasteiger partial charge on any atom is -0.390 e. The summed E-state index contributed by atoms with van der Waals surface area (Å²) in [5.41, 5.74) is 5.09. The number of ether oxygens (including phenoxy) is 1. The summed E-state index contributed by atoms with van der Waals surface area (Å²) in [6, 6.07) is 0. The van der Waals surface area contributed by atoms with Crippen LogP contribution in [0.25, 0.3) is 11.2 Å². The first kappa shape index (κ1) is 13.9. The van der Waals surface area contributed by atoms with Gasteiger partial charge in [0.05, 0.1) is 6.33 Å². The summed E-state index contributed by atoms with van der Waals surface area (Å²) in [7, 11) is 0. The lowest BCUT2D eigenvalue weighted by Gasteiger charge is -2.20. The molecule has 0 spiro atoms. The van der Waals surface area contributed by atoms with Gasteiger partial charge in [-0.05, 0) is 0 Å². The highest BCUT2D eigenvalue weighted by molar-refractivity contribution is 5.70. The Labute approximate surface area is 117 Å². The zero-order valence-electron chi connectivity index (χ0n) is 11.0. The number of nitrogens with zero attached hydrogens (tertiary/aromatic N) is 3. The molecule has 1 saturated heterocycles. The molecule has 0 aromatic carbocycles. The Morgan fingerprint density at radius 3 is 3.00 bits per heavy atom. The van der Waals surface area contributed by atoms with Crippen LogP contribution in [0.3, 0.4) is 0 Å². The number of aromatic amines is 1. The molecule has 114 valence electrons. The molecule has 3 rings (SSSR count). The van der Waals surface area contributed by atoms with Crippen molar-refractivity contribution in [1.82, 2.24) is 19.5 Å². The number of aromatic nitrogens is 4. The molecule has 9 nitrogen and oxygen atoms in total. The smallest absolute Gasteiger partial charge is 0.280 e. The van der Waals surface area contributed by atoms with Crippen LogP contribution in [0.5, 0.6) is 0 Å². The van der Waals surface area contributed by atoms with Gasteiger partial charge in [-0.1, -0.05) is 6.92 Å². The second kappa shape index (κ2) is 4.48. The number of fused-ring (bicyclic) bond motifs is 1. The number of imidazole rings is 1. The van der Waals surface area contributed by atoms with Crippen LogP contribution in [0, 0.1) is 5.92 Å². The second-order valence-electron chi connectivity index (χ2n) is 5.03. The van der Waals surface area contributed by atoms with Gasteiger partial charge in [0.2, 0.25) is 5.95 Å². The molecule has 1 aliphatic heterocycles. The summed E-state index contributed by atoms with van der Waals surface area (Å²) in [5.74, 6) is -3.39. The maximum absolute atomic E-state index is 14.2. The van der Waals surface area contributed by atoms with E-state index in [9.17, 15) is 14.3 Å². The molecule has 2 aromatic rings. The van der Waals surface area contributed by atoms with Crippen molar-refractivity contribution in [2.75, 3.05) is 12.3 Å². The monoisotopic (exact) mass is 299 g/mol. The van der Waals surface area contributed by atoms with Crippen molar-refractivity contribution >= 4 is 17.1 Å². The number of nitrogens with two attached hydrogens (primary N) is 1. The van der Waals surface area contributed by atoms with Crippen molar-refractivity contribution in [3.8, 4) is 0 Å². The quantitative estimate of drug-likeness (QED) is 0.551. The summed E-state index contributed by atoms with van der Waals surface area (Å²) in [6.45, 7) is 0.562. The van der Waals surface area contributed by atoms with Crippen LogP contribution in [0.4, 0.5) is 10.3 Å². The fraction of sp³-hybridized carbons (Fsp3) is 0.545. The number of aliphatic hydroxyl groups excluding tert-OH is 2. The standard InChI is InChI=1S/C11H14FN5O4/c1-4-6(19)11(12,2-18)21-9(4)17-3-14-5-7(17)15-10(13)16-8(5)20/h3-4,6,9,18-19H,2H2,1H3,(H3,13,15,16,20). The number of anilines is 1. The highest BCUT2D eigenvalue weighted by atomic mass is 19.2. The number of hydrogen-bond donors (Lipinski definition) is 4. The molecule has 4 atom stereocenters. The van der Waals surface area contributed by atoms with E-state index in [1.54, 1.807) is 6.92 Å². The van der Waals surface area contributed by atoms with E-state index in [2.05, 4.69) is 15.0 Å². The lowest BCUT2D eigenvalue weighted by Crippen LogP contribution is -2.39. The lowest BCUT2D eigenvalue weighted by atomic mass is 10.0. The molecule has 4 unspecified atom stereocenters. The van der Waals surface area contributed by atoms with Crippen LogP contribution in [0.2, 0.25) is 0 Å². The second-order valence-corrected chi connectivity index (χ2v) is 5.03. The molecule has 1 aliphatic rings. The van der Waals surface area contributed by atoms with E-state index in [0.717, 1.165) is 0 Å². The number of H-pyrrole nitrogens is 1. The highest BCUT2D eigenvalue weighted by Gasteiger charge is 2.54. The number of aliphatic hydroxyl groups is 2. The Morgan fingerprint density at radius 2 is 2.38 bits per heavy atom. The van der Waals surface area contributed by atoms with Crippen LogP contribution in [0.15, 0.2) is 11.1 Å². The Balaban J connectivity index is 2.12. The van der Waals surface area contributed by atoms with Gasteiger partial charge in [0, 0.05) is 5.92 Å². The molecule has 2 aromatic heterocycles. The Kier molecular flexibility index (Phi) is 2.97. The minimum atomic E-state index is -2.58. The average Bonchev–Trinajstić information content (AvgIpc) is 2.95. The summed E-state index contributed by atoms with van der Waals surface area (Å²) in [6.07, 6.45) is -1.25. The first-order valence-corrected chi connectivity index (χ1v) is 6.25. The molecular weight excluding hydrogens is 285 g/mol. The van der Waals surface area contributed by atoms with Crippen molar-refractivity contribution in [3.63, 3.8) is 0 Å². The topological polar surface area (TPSA) is 139 Å². The zero-order valence-corrected chi connectivity index (χ0v) is 11.0. The number of nitrogens with one attached hydrogen (secondary N) is 1. The molecule has 0 bridgehead atoms. The third kappa shape index (κ3) is 1.91. The van der Waals surface area contributed by atoms with Crippen molar-refractivity contribution in [1.29, 1.82) is 0 Å². The summed E-state index contributed by atoms with van der Waals surface area (Å²) < 4.78 is 20.6. The highest BCUT2D eigenvalue weighted by Crippen LogP contribution is 2.42. The largest absolute Gasteiger partial charge is 0.390 e. The first-order valence-electron chi connectivity index (χ1n) is 6.25. The van der Waals surface area contributed by atoms with Gasteiger partial charge in [0.25, 0.3) is 11.4 Å². The van der Waals surface area contributed by atoms with E-state index in [1.165, 1.54) is 10.9 Å². The fourth-order valence-electron chi connectivity index (χ4n) is 2.50. The number of hydrogen-bond acceptors (Lipinski definition) is 7. The van der Waals surface area contributed by atoms with Gasteiger partial charge in [-0.3, -0.25) is 14.3 Å². The molecule has 0 aliphatic carbocycles. The van der Waals surface area contributed by atoms with Crippen LogP contribution in [0.1, 0.15) is 13.2 Å². The summed E-state index contributed by atoms with van der Waals surface area (Å²) >= 11 is 0. The van der Waals surface area contributed by atoms with Crippen LogP contribution >= 0.6 is 0 Å². The number of nitrogen functional groups attached to an aromatic ring is 1. The maximum Gasteiger partial charge on any atom is 0.280 e. The van der Waals surface area contributed by atoms with E-state index >= 15 is 0 Å². The molecular formula is C11H14FN5O4. The van der Waals surface area contributed by atoms with Crippen LogP contribution in [-0.4, -0.2) is 48.3 Å². The van der Waals surface area contributed by atoms with Gasteiger partial charge in [-0.2, -0.15) is 4.98 Å². The lowest BCUT2D eigenvalue weighted by molar-refractivity contribution is -0.206. The van der Waals surface area contributed by atoms with Crippen molar-refractivity contribution in [3.05, 3.63) is 16.7 Å². The summed E-state index contributed by atoms with van der Waals surface area (Å²) in [5, 5.41) is 18.9. The van der Waals surface area contributed by atoms with Gasteiger partial charge in [0.15, 0.2) is 11.2 Å². The maximum atomic E-state index is 14.2. The number of alkyl halides is 1. The molecule has 3 heterocycles. The van der Waals surface area contributed by atoms with E-state index < -0.39 is 36.3 Å². The fourth-order valence-corrected chi connectivity index (χ4v) is 2.50. The van der Waals surface area contributed by atoms with E-state index in [-0.39, 0.29) is 17.1 Å². The summed E-state index contributed by atoms with van der Waals surface area (Å²) in [4.78, 5) is 21.8. The van der Waals surface area contributed by atoms with Gasteiger partial charge >= 0.3 is 0 Å². The Morgan fingerprint density at radius 1 is 1.67 bits per heavy atom. The minimum absolute atomic E-state index is 0.0230. The van der Waals surface area contributed by atoms with Crippen molar-refractivity contribution < 1.29 is 19.3 Å². The third-order valence-electron chi connectivity index (χ3n) is 3.65. The predicted molar refractivity (Wildman–Crippen MR) is 68.8 cm³/mol. The predicted octanol–water partition coefficient (Wildman–Crippen LogP) is -1.11. The van der Waals surface area contributed by atoms with E-state index in [1.807, 2.05) is 0 Å². The molecule has 0 saturated carbocycles. The third-order valence-corrected chi connectivity index (χ3v) is 3.65.